The maximum absolute atomic E-state index is 12.3. The third-order valence-electron chi connectivity index (χ3n) is 2.64. The second kappa shape index (κ2) is 6.56. The zero-order chi connectivity index (χ0) is 15.5. The number of halogens is 2. The molecule has 2 rings (SSSR count). The van der Waals surface area contributed by atoms with Crippen LogP contribution < -0.4 is 9.46 Å². The van der Waals surface area contributed by atoms with Gasteiger partial charge in [0, 0.05) is 0 Å². The van der Waals surface area contributed by atoms with Gasteiger partial charge >= 0.3 is 0 Å². The summed E-state index contributed by atoms with van der Waals surface area (Å²) in [4.78, 5) is 0.113. The van der Waals surface area contributed by atoms with Gasteiger partial charge in [-0.25, -0.2) is 8.42 Å². The van der Waals surface area contributed by atoms with E-state index in [0.717, 1.165) is 0 Å². The molecule has 0 radical (unpaired) electrons. The molecule has 112 valence electrons. The third-order valence-corrected chi connectivity index (χ3v) is 4.84. The lowest BCUT2D eigenvalue weighted by Gasteiger charge is -2.11. The van der Waals surface area contributed by atoms with Gasteiger partial charge in [-0.05, 0) is 43.3 Å². The average molecular weight is 346 g/mol. The Hall–Kier alpha value is -1.43. The molecule has 2 aromatic carbocycles. The van der Waals surface area contributed by atoms with Gasteiger partial charge in [0.1, 0.15) is 5.75 Å². The Morgan fingerprint density at radius 1 is 1.10 bits per heavy atom. The standard InChI is InChI=1S/C14H13Cl2NO3S/c1-2-20-10-6-8-11(9-7-10)21(18,19)17-13-5-3-4-12(15)14(13)16/h3-9,17H,2H2,1H3. The Balaban J connectivity index is 2.27. The number of nitrogens with one attached hydrogen (secondary N) is 1. The first-order valence-electron chi connectivity index (χ1n) is 6.13. The van der Waals surface area contributed by atoms with E-state index in [1.54, 1.807) is 30.3 Å². The summed E-state index contributed by atoms with van der Waals surface area (Å²) in [6, 6.07) is 10.9. The maximum atomic E-state index is 12.3. The van der Waals surface area contributed by atoms with Gasteiger partial charge in [-0.2, -0.15) is 0 Å². The fraction of sp³-hybridized carbons (Fsp3) is 0.143. The van der Waals surface area contributed by atoms with E-state index in [4.69, 9.17) is 27.9 Å². The fourth-order valence-corrected chi connectivity index (χ4v) is 3.14. The van der Waals surface area contributed by atoms with E-state index < -0.39 is 10.0 Å². The number of rotatable bonds is 5. The van der Waals surface area contributed by atoms with Crippen LogP contribution in [0.25, 0.3) is 0 Å². The van der Waals surface area contributed by atoms with Gasteiger partial charge in [0.25, 0.3) is 10.0 Å². The molecule has 0 amide bonds. The van der Waals surface area contributed by atoms with Crippen molar-refractivity contribution in [2.75, 3.05) is 11.3 Å². The first kappa shape index (κ1) is 15.9. The first-order valence-corrected chi connectivity index (χ1v) is 8.37. The van der Waals surface area contributed by atoms with Crippen LogP contribution in [0.15, 0.2) is 47.4 Å². The van der Waals surface area contributed by atoms with Crippen LogP contribution in [0.5, 0.6) is 5.75 Å². The van der Waals surface area contributed by atoms with Crippen molar-refractivity contribution in [1.82, 2.24) is 0 Å². The number of ether oxygens (including phenoxy) is 1. The Morgan fingerprint density at radius 3 is 2.38 bits per heavy atom. The normalized spacial score (nSPS) is 11.2. The van der Waals surface area contributed by atoms with Crippen LogP contribution in [0.1, 0.15) is 6.92 Å². The molecule has 7 heteroatoms. The highest BCUT2D eigenvalue weighted by Gasteiger charge is 2.16. The monoisotopic (exact) mass is 345 g/mol. The number of sulfonamides is 1. The van der Waals surface area contributed by atoms with E-state index in [1.165, 1.54) is 12.1 Å². The lowest BCUT2D eigenvalue weighted by atomic mass is 10.3. The molecule has 0 atom stereocenters. The van der Waals surface area contributed by atoms with E-state index in [9.17, 15) is 8.42 Å². The van der Waals surface area contributed by atoms with Crippen LogP contribution in [0.2, 0.25) is 10.0 Å². The van der Waals surface area contributed by atoms with Crippen molar-refractivity contribution >= 4 is 38.9 Å². The highest BCUT2D eigenvalue weighted by atomic mass is 35.5. The van der Waals surface area contributed by atoms with Crippen LogP contribution in [0.3, 0.4) is 0 Å². The van der Waals surface area contributed by atoms with Gasteiger partial charge in [0.2, 0.25) is 0 Å². The summed E-state index contributed by atoms with van der Waals surface area (Å²) in [6.45, 7) is 2.37. The van der Waals surface area contributed by atoms with Crippen molar-refractivity contribution in [1.29, 1.82) is 0 Å². The molecule has 4 nitrogen and oxygen atoms in total. The number of benzene rings is 2. The molecule has 0 aliphatic carbocycles. The summed E-state index contributed by atoms with van der Waals surface area (Å²) >= 11 is 11.8. The minimum absolute atomic E-state index is 0.113. The molecule has 0 aliphatic heterocycles. The SMILES string of the molecule is CCOc1ccc(S(=O)(=O)Nc2cccc(Cl)c2Cl)cc1. The molecule has 21 heavy (non-hydrogen) atoms. The fourth-order valence-electron chi connectivity index (χ4n) is 1.67. The molecule has 0 aromatic heterocycles. The van der Waals surface area contributed by atoms with Crippen molar-refractivity contribution in [3.63, 3.8) is 0 Å². The second-order valence-electron chi connectivity index (χ2n) is 4.11. The van der Waals surface area contributed by atoms with Gasteiger partial charge in [-0.3, -0.25) is 4.72 Å². The van der Waals surface area contributed by atoms with Gasteiger partial charge in [0.15, 0.2) is 0 Å². The number of hydrogen-bond acceptors (Lipinski definition) is 3. The summed E-state index contributed by atoms with van der Waals surface area (Å²) in [6.07, 6.45) is 0. The number of anilines is 1. The first-order chi connectivity index (χ1) is 9.94. The molecule has 1 N–H and O–H groups in total. The highest BCUT2D eigenvalue weighted by molar-refractivity contribution is 7.92. The van der Waals surface area contributed by atoms with Gasteiger partial charge in [0.05, 0.1) is 27.2 Å². The van der Waals surface area contributed by atoms with E-state index in [1.807, 2.05) is 6.92 Å². The largest absolute Gasteiger partial charge is 0.494 e. The van der Waals surface area contributed by atoms with E-state index in [2.05, 4.69) is 4.72 Å². The van der Waals surface area contributed by atoms with Crippen LogP contribution in [0.4, 0.5) is 5.69 Å². The molecule has 0 saturated carbocycles. The summed E-state index contributed by atoms with van der Waals surface area (Å²) in [5, 5.41) is 0.442. The molecular formula is C14H13Cl2NO3S. The average Bonchev–Trinajstić information content (AvgIpc) is 2.45. The van der Waals surface area contributed by atoms with Crippen molar-refractivity contribution < 1.29 is 13.2 Å². The number of hydrogen-bond donors (Lipinski definition) is 1. The zero-order valence-electron chi connectivity index (χ0n) is 11.1. The molecule has 0 aliphatic rings. The molecule has 0 unspecified atom stereocenters. The van der Waals surface area contributed by atoms with Crippen molar-refractivity contribution in [3.05, 3.63) is 52.5 Å². The van der Waals surface area contributed by atoms with Crippen LogP contribution >= 0.6 is 23.2 Å². The second-order valence-corrected chi connectivity index (χ2v) is 6.58. The van der Waals surface area contributed by atoms with Gasteiger partial charge in [-0.1, -0.05) is 29.3 Å². The Morgan fingerprint density at radius 2 is 1.76 bits per heavy atom. The minimum Gasteiger partial charge on any atom is -0.494 e. The molecule has 0 saturated heterocycles. The van der Waals surface area contributed by atoms with Crippen LogP contribution in [0, 0.1) is 0 Å². The van der Waals surface area contributed by atoms with E-state index >= 15 is 0 Å². The van der Waals surface area contributed by atoms with Gasteiger partial charge < -0.3 is 4.74 Å². The third kappa shape index (κ3) is 3.81. The van der Waals surface area contributed by atoms with E-state index in [-0.39, 0.29) is 20.6 Å². The zero-order valence-corrected chi connectivity index (χ0v) is 13.5. The van der Waals surface area contributed by atoms with Crippen molar-refractivity contribution in [2.45, 2.75) is 11.8 Å². The predicted octanol–water partition coefficient (Wildman–Crippen LogP) is 4.19. The van der Waals surface area contributed by atoms with Gasteiger partial charge in [-0.15, -0.1) is 0 Å². The predicted molar refractivity (Wildman–Crippen MR) is 84.9 cm³/mol. The molecule has 0 heterocycles. The van der Waals surface area contributed by atoms with E-state index in [0.29, 0.717) is 12.4 Å². The summed E-state index contributed by atoms with van der Waals surface area (Å²) in [7, 11) is -3.73. The Labute approximate surface area is 133 Å². The quantitative estimate of drug-likeness (QED) is 0.883. The Kier molecular flexibility index (Phi) is 4.98. The van der Waals surface area contributed by atoms with Crippen molar-refractivity contribution in [2.24, 2.45) is 0 Å². The summed E-state index contributed by atoms with van der Waals surface area (Å²) in [5.74, 6) is 0.609. The minimum atomic E-state index is -3.73. The van der Waals surface area contributed by atoms with Crippen LogP contribution in [-0.2, 0) is 10.0 Å². The van der Waals surface area contributed by atoms with Crippen LogP contribution in [-0.4, -0.2) is 15.0 Å². The molecule has 2 aromatic rings. The maximum Gasteiger partial charge on any atom is 0.261 e. The highest BCUT2D eigenvalue weighted by Crippen LogP contribution is 2.31. The van der Waals surface area contributed by atoms with Crippen molar-refractivity contribution in [3.8, 4) is 5.75 Å². The lowest BCUT2D eigenvalue weighted by Crippen LogP contribution is -2.13. The molecule has 0 fully saturated rings. The molecule has 0 bridgehead atoms. The topological polar surface area (TPSA) is 55.4 Å². The molecule has 0 spiro atoms. The lowest BCUT2D eigenvalue weighted by molar-refractivity contribution is 0.340. The summed E-state index contributed by atoms with van der Waals surface area (Å²) < 4.78 is 32.2. The smallest absolute Gasteiger partial charge is 0.261 e. The Bertz CT molecular complexity index is 730. The molecular weight excluding hydrogens is 333 g/mol. The summed E-state index contributed by atoms with van der Waals surface area (Å²) in [5.41, 5.74) is 0.234.